The van der Waals surface area contributed by atoms with Gasteiger partial charge < -0.3 is 4.90 Å². The van der Waals surface area contributed by atoms with Crippen LogP contribution in [0.25, 0.3) is 5.57 Å². The number of carbonyl (C=O) groups is 1. The average molecular weight is 389 g/mol. The van der Waals surface area contributed by atoms with Crippen molar-refractivity contribution < 1.29 is 13.2 Å². The molecule has 1 aromatic rings. The number of sulfonamides is 1. The monoisotopic (exact) mass is 388 g/mol. The van der Waals surface area contributed by atoms with Gasteiger partial charge in [-0.05, 0) is 75.5 Å². The molecular weight excluding hydrogens is 360 g/mol. The summed E-state index contributed by atoms with van der Waals surface area (Å²) >= 11 is 0. The van der Waals surface area contributed by atoms with Crippen molar-refractivity contribution in [2.24, 2.45) is 5.92 Å². The number of likely N-dealkylation sites (N-methyl/N-ethyl adjacent to an activating group) is 1. The smallest absolute Gasteiger partial charge is 0.258 e. The number of hydrogen-bond donors (Lipinski definition) is 1. The SMILES string of the molecule is CC1CCC(NS(=O)(=O)c2ccc3c(c2)C(=C2CCCC2)C(=O)N3C)CC1. The van der Waals surface area contributed by atoms with Crippen molar-refractivity contribution in [2.75, 3.05) is 11.9 Å². The minimum Gasteiger partial charge on any atom is -0.311 e. The van der Waals surface area contributed by atoms with Gasteiger partial charge in [0.2, 0.25) is 10.0 Å². The Balaban J connectivity index is 1.66. The van der Waals surface area contributed by atoms with Crippen molar-refractivity contribution in [2.45, 2.75) is 69.2 Å². The first-order valence-electron chi connectivity index (χ1n) is 10.0. The molecule has 0 spiro atoms. The zero-order chi connectivity index (χ0) is 19.2. The third-order valence-electron chi connectivity index (χ3n) is 6.33. The molecule has 6 heteroatoms. The van der Waals surface area contributed by atoms with E-state index in [2.05, 4.69) is 11.6 Å². The van der Waals surface area contributed by atoms with Gasteiger partial charge in [0.15, 0.2) is 0 Å². The molecule has 3 aliphatic rings. The zero-order valence-corrected chi connectivity index (χ0v) is 16.9. The molecule has 1 aliphatic heterocycles. The van der Waals surface area contributed by atoms with Gasteiger partial charge in [-0.25, -0.2) is 13.1 Å². The first-order chi connectivity index (χ1) is 12.9. The Kier molecular flexibility index (Phi) is 4.89. The molecule has 0 unspecified atom stereocenters. The Hall–Kier alpha value is -1.66. The van der Waals surface area contributed by atoms with Gasteiger partial charge in [0.1, 0.15) is 0 Å². The number of rotatable bonds is 3. The molecule has 2 saturated carbocycles. The Morgan fingerprint density at radius 1 is 1.07 bits per heavy atom. The normalized spacial score (nSPS) is 26.0. The lowest BCUT2D eigenvalue weighted by atomic mass is 9.88. The van der Waals surface area contributed by atoms with E-state index in [-0.39, 0.29) is 16.8 Å². The van der Waals surface area contributed by atoms with E-state index in [1.165, 1.54) is 5.57 Å². The number of allylic oxidation sites excluding steroid dienone is 1. The number of benzene rings is 1. The molecule has 1 N–H and O–H groups in total. The molecule has 2 aliphatic carbocycles. The van der Waals surface area contributed by atoms with Crippen LogP contribution in [-0.2, 0) is 14.8 Å². The molecule has 1 amide bonds. The highest BCUT2D eigenvalue weighted by Gasteiger charge is 2.34. The molecule has 0 aromatic heterocycles. The van der Waals surface area contributed by atoms with Gasteiger partial charge in [0.25, 0.3) is 5.91 Å². The van der Waals surface area contributed by atoms with Crippen LogP contribution >= 0.6 is 0 Å². The van der Waals surface area contributed by atoms with E-state index in [0.29, 0.717) is 5.92 Å². The molecule has 2 fully saturated rings. The maximum atomic E-state index is 12.9. The fraction of sp³-hybridized carbons (Fsp3) is 0.571. The van der Waals surface area contributed by atoms with Crippen LogP contribution in [0.3, 0.4) is 0 Å². The third kappa shape index (κ3) is 3.45. The Bertz CT molecular complexity index is 888. The highest BCUT2D eigenvalue weighted by Crippen LogP contribution is 2.42. The van der Waals surface area contributed by atoms with Crippen molar-refractivity contribution >= 4 is 27.2 Å². The summed E-state index contributed by atoms with van der Waals surface area (Å²) in [5.41, 5.74) is 3.49. The summed E-state index contributed by atoms with van der Waals surface area (Å²) in [7, 11) is -1.82. The minimum absolute atomic E-state index is 0.00863. The number of amides is 1. The van der Waals surface area contributed by atoms with E-state index in [1.807, 2.05) is 0 Å². The van der Waals surface area contributed by atoms with Crippen molar-refractivity contribution in [3.63, 3.8) is 0 Å². The summed E-state index contributed by atoms with van der Waals surface area (Å²) in [6.45, 7) is 2.22. The molecule has 5 nitrogen and oxygen atoms in total. The summed E-state index contributed by atoms with van der Waals surface area (Å²) in [4.78, 5) is 14.7. The second-order valence-corrected chi connectivity index (χ2v) is 10.0. The Morgan fingerprint density at radius 3 is 2.41 bits per heavy atom. The molecule has 0 bridgehead atoms. The van der Waals surface area contributed by atoms with Crippen LogP contribution in [0.2, 0.25) is 0 Å². The van der Waals surface area contributed by atoms with Gasteiger partial charge in [-0.2, -0.15) is 0 Å². The largest absolute Gasteiger partial charge is 0.311 e. The number of anilines is 1. The van der Waals surface area contributed by atoms with E-state index in [0.717, 1.165) is 68.2 Å². The van der Waals surface area contributed by atoms with E-state index < -0.39 is 10.0 Å². The summed E-state index contributed by atoms with van der Waals surface area (Å²) in [6.07, 6.45) is 7.98. The van der Waals surface area contributed by atoms with Crippen LogP contribution in [0.4, 0.5) is 5.69 Å². The quantitative estimate of drug-likeness (QED) is 0.800. The molecule has 0 radical (unpaired) electrons. The minimum atomic E-state index is -3.58. The molecule has 4 rings (SSSR count). The summed E-state index contributed by atoms with van der Waals surface area (Å²) in [5.74, 6) is 0.665. The van der Waals surface area contributed by atoms with Crippen LogP contribution in [0.1, 0.15) is 63.9 Å². The lowest BCUT2D eigenvalue weighted by molar-refractivity contribution is -0.112. The molecule has 1 heterocycles. The van der Waals surface area contributed by atoms with Gasteiger partial charge >= 0.3 is 0 Å². The average Bonchev–Trinajstić information content (AvgIpc) is 3.24. The predicted molar refractivity (Wildman–Crippen MR) is 107 cm³/mol. The van der Waals surface area contributed by atoms with Crippen LogP contribution in [0.15, 0.2) is 28.7 Å². The third-order valence-corrected chi connectivity index (χ3v) is 7.84. The van der Waals surface area contributed by atoms with Crippen molar-refractivity contribution in [3.05, 3.63) is 29.3 Å². The van der Waals surface area contributed by atoms with Gasteiger partial charge in [0, 0.05) is 24.2 Å². The first kappa shape index (κ1) is 18.7. The topological polar surface area (TPSA) is 66.5 Å². The van der Waals surface area contributed by atoms with Gasteiger partial charge in [-0.3, -0.25) is 4.79 Å². The number of nitrogens with zero attached hydrogens (tertiary/aromatic N) is 1. The fourth-order valence-corrected chi connectivity index (χ4v) is 5.96. The van der Waals surface area contributed by atoms with Crippen molar-refractivity contribution in [3.8, 4) is 0 Å². The molecule has 146 valence electrons. The van der Waals surface area contributed by atoms with Crippen LogP contribution in [0.5, 0.6) is 0 Å². The van der Waals surface area contributed by atoms with Crippen LogP contribution < -0.4 is 9.62 Å². The van der Waals surface area contributed by atoms with Gasteiger partial charge in [0.05, 0.1) is 10.6 Å². The lowest BCUT2D eigenvalue weighted by Gasteiger charge is -2.26. The van der Waals surface area contributed by atoms with Gasteiger partial charge in [-0.15, -0.1) is 0 Å². The lowest BCUT2D eigenvalue weighted by Crippen LogP contribution is -2.37. The summed E-state index contributed by atoms with van der Waals surface area (Å²) in [5, 5.41) is 0. The van der Waals surface area contributed by atoms with Crippen molar-refractivity contribution in [1.29, 1.82) is 0 Å². The standard InChI is InChI=1S/C21H28N2O3S/c1-14-7-9-16(10-8-14)22-27(25,26)17-11-12-19-18(13-17)20(21(24)23(19)2)15-5-3-4-6-15/h11-14,16,22H,3-10H2,1-2H3. The second kappa shape index (κ2) is 7.06. The van der Waals surface area contributed by atoms with Crippen LogP contribution in [-0.4, -0.2) is 27.4 Å². The van der Waals surface area contributed by atoms with E-state index in [1.54, 1.807) is 30.1 Å². The first-order valence-corrected chi connectivity index (χ1v) is 11.5. The van der Waals surface area contributed by atoms with Gasteiger partial charge in [-0.1, -0.05) is 12.5 Å². The number of hydrogen-bond acceptors (Lipinski definition) is 3. The van der Waals surface area contributed by atoms with Crippen molar-refractivity contribution in [1.82, 2.24) is 4.72 Å². The fourth-order valence-electron chi connectivity index (χ4n) is 4.63. The second-order valence-electron chi connectivity index (χ2n) is 8.31. The number of nitrogens with one attached hydrogen (secondary N) is 1. The number of carbonyl (C=O) groups excluding carboxylic acids is 1. The number of fused-ring (bicyclic) bond motifs is 1. The maximum Gasteiger partial charge on any atom is 0.258 e. The molecule has 27 heavy (non-hydrogen) atoms. The molecule has 1 aromatic carbocycles. The Labute approximate surface area is 161 Å². The van der Waals surface area contributed by atoms with E-state index in [9.17, 15) is 13.2 Å². The van der Waals surface area contributed by atoms with E-state index in [4.69, 9.17) is 0 Å². The van der Waals surface area contributed by atoms with E-state index >= 15 is 0 Å². The highest BCUT2D eigenvalue weighted by atomic mass is 32.2. The molecule has 0 atom stereocenters. The highest BCUT2D eigenvalue weighted by molar-refractivity contribution is 7.89. The zero-order valence-electron chi connectivity index (χ0n) is 16.1. The van der Waals surface area contributed by atoms with Crippen LogP contribution in [0, 0.1) is 5.92 Å². The molecular formula is C21H28N2O3S. The summed E-state index contributed by atoms with van der Waals surface area (Å²) < 4.78 is 28.8. The Morgan fingerprint density at radius 2 is 1.74 bits per heavy atom. The molecule has 0 saturated heterocycles. The predicted octanol–water partition coefficient (Wildman–Crippen LogP) is 3.85. The summed E-state index contributed by atoms with van der Waals surface area (Å²) in [6, 6.07) is 5.10. The maximum absolute atomic E-state index is 12.9.